The van der Waals surface area contributed by atoms with Crippen LogP contribution in [0.2, 0.25) is 0 Å². The minimum absolute atomic E-state index is 0.207. The molecule has 2 atom stereocenters. The third-order valence-corrected chi connectivity index (χ3v) is 3.43. The number of hydrogen-bond donors (Lipinski definition) is 0. The van der Waals surface area contributed by atoms with Gasteiger partial charge in [0.1, 0.15) is 5.78 Å². The standard InChI is InChI=1S/C14H19NO/c1-10-6-7-14(16)12(8-10)9-13-5-3-4-11(2)15-13/h3-5,10,12H,6-9H2,1-2H3. The molecule has 16 heavy (non-hydrogen) atoms. The van der Waals surface area contributed by atoms with Crippen LogP contribution in [-0.2, 0) is 11.2 Å². The van der Waals surface area contributed by atoms with Crippen LogP contribution in [0.4, 0.5) is 0 Å². The quantitative estimate of drug-likeness (QED) is 0.762. The Bertz CT molecular complexity index is 386. The van der Waals surface area contributed by atoms with Gasteiger partial charge in [-0.1, -0.05) is 13.0 Å². The number of ketones is 1. The number of carbonyl (C=O) groups is 1. The van der Waals surface area contributed by atoms with Crippen LogP contribution in [0.25, 0.3) is 0 Å². The van der Waals surface area contributed by atoms with E-state index in [-0.39, 0.29) is 5.92 Å². The number of aryl methyl sites for hydroxylation is 1. The third-order valence-electron chi connectivity index (χ3n) is 3.43. The van der Waals surface area contributed by atoms with Crippen molar-refractivity contribution in [1.29, 1.82) is 0 Å². The lowest BCUT2D eigenvalue weighted by Crippen LogP contribution is -2.25. The van der Waals surface area contributed by atoms with Crippen molar-refractivity contribution >= 4 is 5.78 Å². The van der Waals surface area contributed by atoms with Gasteiger partial charge in [-0.15, -0.1) is 0 Å². The van der Waals surface area contributed by atoms with Crippen LogP contribution < -0.4 is 0 Å². The lowest BCUT2D eigenvalue weighted by Gasteiger charge is -2.25. The van der Waals surface area contributed by atoms with Gasteiger partial charge < -0.3 is 0 Å². The molecule has 0 aliphatic heterocycles. The summed E-state index contributed by atoms with van der Waals surface area (Å²) >= 11 is 0. The van der Waals surface area contributed by atoms with E-state index in [2.05, 4.69) is 11.9 Å². The van der Waals surface area contributed by atoms with Gasteiger partial charge in [-0.2, -0.15) is 0 Å². The summed E-state index contributed by atoms with van der Waals surface area (Å²) in [5.41, 5.74) is 2.10. The fourth-order valence-electron chi connectivity index (χ4n) is 2.49. The molecule has 2 rings (SSSR count). The van der Waals surface area contributed by atoms with Crippen molar-refractivity contribution in [1.82, 2.24) is 4.98 Å². The second kappa shape index (κ2) is 4.77. The Labute approximate surface area is 97.1 Å². The molecule has 1 aromatic rings. The van der Waals surface area contributed by atoms with E-state index in [9.17, 15) is 4.79 Å². The van der Waals surface area contributed by atoms with Crippen LogP contribution in [0.1, 0.15) is 37.6 Å². The molecule has 1 aliphatic rings. The van der Waals surface area contributed by atoms with E-state index in [4.69, 9.17) is 0 Å². The average Bonchev–Trinajstić information content (AvgIpc) is 2.24. The highest BCUT2D eigenvalue weighted by molar-refractivity contribution is 5.81. The van der Waals surface area contributed by atoms with Crippen molar-refractivity contribution in [3.63, 3.8) is 0 Å². The first-order valence-electron chi connectivity index (χ1n) is 6.10. The second-order valence-electron chi connectivity index (χ2n) is 5.02. The molecule has 1 aliphatic carbocycles. The van der Waals surface area contributed by atoms with E-state index in [1.165, 1.54) is 0 Å². The number of pyridine rings is 1. The lowest BCUT2D eigenvalue weighted by atomic mass is 9.79. The van der Waals surface area contributed by atoms with Crippen LogP contribution in [0.15, 0.2) is 18.2 Å². The predicted molar refractivity (Wildman–Crippen MR) is 64.2 cm³/mol. The maximum Gasteiger partial charge on any atom is 0.136 e. The summed E-state index contributed by atoms with van der Waals surface area (Å²) in [7, 11) is 0. The van der Waals surface area contributed by atoms with Gasteiger partial charge in [0.25, 0.3) is 0 Å². The second-order valence-corrected chi connectivity index (χ2v) is 5.02. The van der Waals surface area contributed by atoms with E-state index >= 15 is 0 Å². The highest BCUT2D eigenvalue weighted by Gasteiger charge is 2.26. The molecule has 86 valence electrons. The Balaban J connectivity index is 2.05. The van der Waals surface area contributed by atoms with E-state index < -0.39 is 0 Å². The fourth-order valence-corrected chi connectivity index (χ4v) is 2.49. The molecule has 0 radical (unpaired) electrons. The molecule has 0 saturated heterocycles. The Hall–Kier alpha value is -1.18. The Morgan fingerprint density at radius 2 is 2.25 bits per heavy atom. The van der Waals surface area contributed by atoms with E-state index in [0.29, 0.717) is 11.7 Å². The topological polar surface area (TPSA) is 30.0 Å². The zero-order chi connectivity index (χ0) is 11.5. The predicted octanol–water partition coefficient (Wildman–Crippen LogP) is 2.94. The van der Waals surface area contributed by atoms with E-state index in [0.717, 1.165) is 37.1 Å². The minimum Gasteiger partial charge on any atom is -0.299 e. The molecule has 1 saturated carbocycles. The highest BCUT2D eigenvalue weighted by atomic mass is 16.1. The number of carbonyl (C=O) groups excluding carboxylic acids is 1. The normalized spacial score (nSPS) is 25.8. The van der Waals surface area contributed by atoms with Crippen LogP contribution in [-0.4, -0.2) is 10.8 Å². The zero-order valence-electron chi connectivity index (χ0n) is 10.1. The summed E-state index contributed by atoms with van der Waals surface area (Å²) in [5, 5.41) is 0. The Morgan fingerprint density at radius 1 is 1.44 bits per heavy atom. The number of nitrogens with zero attached hydrogens (tertiary/aromatic N) is 1. The van der Waals surface area contributed by atoms with Crippen molar-refractivity contribution in [2.24, 2.45) is 11.8 Å². The molecule has 1 fully saturated rings. The molecule has 1 aromatic heterocycles. The van der Waals surface area contributed by atoms with Crippen LogP contribution >= 0.6 is 0 Å². The van der Waals surface area contributed by atoms with Crippen molar-refractivity contribution in [2.75, 3.05) is 0 Å². The average molecular weight is 217 g/mol. The van der Waals surface area contributed by atoms with Gasteiger partial charge in [0.2, 0.25) is 0 Å². The fraction of sp³-hybridized carbons (Fsp3) is 0.571. The molecule has 2 nitrogen and oxygen atoms in total. The van der Waals surface area contributed by atoms with Gasteiger partial charge in [0.05, 0.1) is 0 Å². The van der Waals surface area contributed by atoms with E-state index in [1.807, 2.05) is 25.1 Å². The molecular formula is C14H19NO. The minimum atomic E-state index is 0.207. The van der Waals surface area contributed by atoms with Crippen LogP contribution in [0.5, 0.6) is 0 Å². The van der Waals surface area contributed by atoms with Crippen molar-refractivity contribution in [2.45, 2.75) is 39.5 Å². The summed E-state index contributed by atoms with van der Waals surface area (Å²) in [6.45, 7) is 4.23. The maximum atomic E-state index is 11.8. The van der Waals surface area contributed by atoms with Crippen molar-refractivity contribution < 1.29 is 4.79 Å². The zero-order valence-corrected chi connectivity index (χ0v) is 10.1. The summed E-state index contributed by atoms with van der Waals surface area (Å²) in [4.78, 5) is 16.3. The molecule has 0 N–H and O–H groups in total. The van der Waals surface area contributed by atoms with Crippen molar-refractivity contribution in [3.8, 4) is 0 Å². The number of Topliss-reactive ketones (excluding diaryl/α,β-unsaturated/α-hetero) is 1. The van der Waals surface area contributed by atoms with E-state index in [1.54, 1.807) is 0 Å². The monoisotopic (exact) mass is 217 g/mol. The molecule has 0 spiro atoms. The van der Waals surface area contributed by atoms with Gasteiger partial charge >= 0.3 is 0 Å². The van der Waals surface area contributed by atoms with Crippen molar-refractivity contribution in [3.05, 3.63) is 29.6 Å². The first-order chi connectivity index (χ1) is 7.65. The molecule has 1 heterocycles. The largest absolute Gasteiger partial charge is 0.299 e. The Kier molecular flexibility index (Phi) is 3.37. The third kappa shape index (κ3) is 2.69. The molecule has 0 amide bonds. The van der Waals surface area contributed by atoms with Crippen LogP contribution in [0, 0.1) is 18.8 Å². The molecule has 2 heteroatoms. The van der Waals surface area contributed by atoms with Gasteiger partial charge in [-0.05, 0) is 44.2 Å². The number of rotatable bonds is 2. The number of aromatic nitrogens is 1. The summed E-state index contributed by atoms with van der Waals surface area (Å²) in [6, 6.07) is 6.04. The summed E-state index contributed by atoms with van der Waals surface area (Å²) in [5.74, 6) is 1.33. The molecule has 2 unspecified atom stereocenters. The highest BCUT2D eigenvalue weighted by Crippen LogP contribution is 2.28. The number of hydrogen-bond acceptors (Lipinski definition) is 2. The summed E-state index contributed by atoms with van der Waals surface area (Å²) < 4.78 is 0. The van der Waals surface area contributed by atoms with Gasteiger partial charge in [-0.25, -0.2) is 0 Å². The smallest absolute Gasteiger partial charge is 0.136 e. The molecule has 0 bridgehead atoms. The molecular weight excluding hydrogens is 198 g/mol. The first-order valence-corrected chi connectivity index (χ1v) is 6.10. The summed E-state index contributed by atoms with van der Waals surface area (Å²) in [6.07, 6.45) is 3.69. The Morgan fingerprint density at radius 3 is 3.00 bits per heavy atom. The molecule has 0 aromatic carbocycles. The van der Waals surface area contributed by atoms with Gasteiger partial charge in [-0.3, -0.25) is 9.78 Å². The maximum absolute atomic E-state index is 11.8. The SMILES string of the molecule is Cc1cccc(CC2CC(C)CCC2=O)n1. The lowest BCUT2D eigenvalue weighted by molar-refractivity contribution is -0.125. The first kappa shape index (κ1) is 11.3. The van der Waals surface area contributed by atoms with Gasteiger partial charge in [0.15, 0.2) is 0 Å². The van der Waals surface area contributed by atoms with Gasteiger partial charge in [0, 0.05) is 23.7 Å². The van der Waals surface area contributed by atoms with Crippen LogP contribution in [0.3, 0.4) is 0 Å².